The van der Waals surface area contributed by atoms with Crippen LogP contribution in [0.25, 0.3) is 5.00 Å². The molecule has 1 aliphatic carbocycles. The number of rotatable bonds is 2. The van der Waals surface area contributed by atoms with E-state index < -0.39 is 17.7 Å². The molecule has 1 N–H and O–H groups in total. The minimum absolute atomic E-state index is 0.134. The number of ether oxygens (including phenoxy) is 2. The number of benzene rings is 2. The molecule has 6 nitrogen and oxygen atoms in total. The van der Waals surface area contributed by atoms with Crippen LogP contribution in [-0.4, -0.2) is 22.3 Å². The molecule has 4 aromatic rings. The summed E-state index contributed by atoms with van der Waals surface area (Å²) in [5.74, 6) is -0.185. The van der Waals surface area contributed by atoms with Gasteiger partial charge in [0.15, 0.2) is 11.5 Å². The number of halogens is 2. The molecule has 188 valence electrons. The number of urea groups is 1. The molecule has 2 aromatic heterocycles. The topological polar surface area (TPSA) is 55.7 Å². The molecule has 4 heterocycles. The average Bonchev–Trinajstić information content (AvgIpc) is 3.60. The van der Waals surface area contributed by atoms with Gasteiger partial charge >= 0.3 is 6.03 Å². The Kier molecular flexibility index (Phi) is 5.21. The second-order valence-corrected chi connectivity index (χ2v) is 10.6. The van der Waals surface area contributed by atoms with Crippen LogP contribution < -0.4 is 14.8 Å². The first kappa shape index (κ1) is 22.4. The van der Waals surface area contributed by atoms with Crippen molar-refractivity contribution in [3.63, 3.8) is 0 Å². The van der Waals surface area contributed by atoms with E-state index in [1.165, 1.54) is 22.6 Å². The number of aryl methyl sites for hydroxylation is 1. The number of carbonyl (C=O) groups excluding carboxylic acids is 1. The van der Waals surface area contributed by atoms with Gasteiger partial charge in [-0.2, -0.15) is 0 Å². The molecule has 37 heavy (non-hydrogen) atoms. The van der Waals surface area contributed by atoms with Gasteiger partial charge in [0.1, 0.15) is 22.7 Å². The zero-order valence-corrected chi connectivity index (χ0v) is 20.6. The van der Waals surface area contributed by atoms with E-state index in [0.29, 0.717) is 29.3 Å². The second kappa shape index (κ2) is 8.62. The van der Waals surface area contributed by atoms with Gasteiger partial charge in [0.25, 0.3) is 0 Å². The van der Waals surface area contributed by atoms with Crippen LogP contribution in [0.1, 0.15) is 46.1 Å². The Balaban J connectivity index is 1.36. The lowest BCUT2D eigenvalue weighted by Crippen LogP contribution is -2.38. The highest BCUT2D eigenvalue weighted by Gasteiger charge is 2.36. The van der Waals surface area contributed by atoms with Crippen LogP contribution in [0.4, 0.5) is 19.3 Å². The maximum absolute atomic E-state index is 14.4. The summed E-state index contributed by atoms with van der Waals surface area (Å²) in [5, 5.41) is 4.06. The lowest BCUT2D eigenvalue weighted by Gasteiger charge is -2.31. The van der Waals surface area contributed by atoms with Crippen molar-refractivity contribution >= 4 is 23.1 Å². The van der Waals surface area contributed by atoms with E-state index >= 15 is 0 Å². The van der Waals surface area contributed by atoms with Gasteiger partial charge in [-0.3, -0.25) is 0 Å². The highest BCUT2D eigenvalue weighted by atomic mass is 32.1. The maximum Gasteiger partial charge on any atom is 0.322 e. The number of carbonyl (C=O) groups is 1. The summed E-state index contributed by atoms with van der Waals surface area (Å²) in [6.07, 6.45) is 6.24. The minimum atomic E-state index is -0.701. The van der Waals surface area contributed by atoms with Crippen molar-refractivity contribution in [1.82, 2.24) is 9.47 Å². The van der Waals surface area contributed by atoms with Crippen molar-refractivity contribution < 1.29 is 23.0 Å². The predicted octanol–water partition coefficient (Wildman–Crippen LogP) is 6.56. The highest BCUT2D eigenvalue weighted by Crippen LogP contribution is 2.44. The van der Waals surface area contributed by atoms with E-state index in [1.807, 2.05) is 18.3 Å². The molecule has 3 aliphatic rings. The van der Waals surface area contributed by atoms with Crippen LogP contribution in [-0.2, 0) is 19.4 Å². The van der Waals surface area contributed by atoms with Crippen LogP contribution in [0.15, 0.2) is 54.7 Å². The summed E-state index contributed by atoms with van der Waals surface area (Å²) in [5.41, 5.74) is 4.12. The number of anilines is 1. The number of hydrogen-bond donors (Lipinski definition) is 1. The van der Waals surface area contributed by atoms with Gasteiger partial charge < -0.3 is 24.3 Å². The van der Waals surface area contributed by atoms with E-state index in [2.05, 4.69) is 9.88 Å². The summed E-state index contributed by atoms with van der Waals surface area (Å²) < 4.78 is 41.8. The Morgan fingerprint density at radius 1 is 0.973 bits per heavy atom. The molecule has 0 fully saturated rings. The minimum Gasteiger partial charge on any atom is -0.454 e. The quantitative estimate of drug-likeness (QED) is 0.326. The number of hydrogen-bond acceptors (Lipinski definition) is 4. The first-order chi connectivity index (χ1) is 18.0. The van der Waals surface area contributed by atoms with Gasteiger partial charge in [-0.15, -0.1) is 11.3 Å². The summed E-state index contributed by atoms with van der Waals surface area (Å²) in [6.45, 7) is 0.455. The van der Waals surface area contributed by atoms with Crippen molar-refractivity contribution in [2.24, 2.45) is 0 Å². The SMILES string of the molecule is O=C(Nc1ccc2c(c1)OCO2)N1Cc2c(sc3c2CCCC3)-n2cccc2C1c1cc(F)cc(F)c1. The summed E-state index contributed by atoms with van der Waals surface area (Å²) in [4.78, 5) is 17.0. The molecule has 2 amide bonds. The van der Waals surface area contributed by atoms with Crippen molar-refractivity contribution in [2.75, 3.05) is 12.1 Å². The summed E-state index contributed by atoms with van der Waals surface area (Å²) in [7, 11) is 0. The molecule has 0 bridgehead atoms. The Morgan fingerprint density at radius 3 is 2.65 bits per heavy atom. The summed E-state index contributed by atoms with van der Waals surface area (Å²) >= 11 is 1.76. The van der Waals surface area contributed by atoms with Gasteiger partial charge in [-0.05, 0) is 73.2 Å². The van der Waals surface area contributed by atoms with Crippen LogP contribution in [0, 0.1) is 11.6 Å². The smallest absolute Gasteiger partial charge is 0.322 e. The van der Waals surface area contributed by atoms with Gasteiger partial charge in [-0.1, -0.05) is 0 Å². The summed E-state index contributed by atoms with van der Waals surface area (Å²) in [6, 6.07) is 11.4. The van der Waals surface area contributed by atoms with Crippen molar-refractivity contribution in [2.45, 2.75) is 38.3 Å². The lowest BCUT2D eigenvalue weighted by molar-refractivity contribution is 0.174. The van der Waals surface area contributed by atoms with Crippen LogP contribution in [0.3, 0.4) is 0 Å². The molecule has 9 heteroatoms. The standard InChI is InChI=1S/C28H23F2N3O3S/c29-17-10-16(11-18(30)12-17)26-22-5-3-9-32(22)27-21(20-4-1-2-6-25(20)37-27)14-33(26)28(34)31-19-7-8-23-24(13-19)36-15-35-23/h3,5,7-13,26H,1-2,4,6,14-15H2,(H,31,34). The normalized spacial score (nSPS) is 17.6. The molecule has 0 saturated heterocycles. The Labute approximate surface area is 216 Å². The van der Waals surface area contributed by atoms with Gasteiger partial charge in [0, 0.05) is 34.5 Å². The maximum atomic E-state index is 14.4. The molecule has 7 rings (SSSR count). The third kappa shape index (κ3) is 3.76. The fraction of sp³-hybridized carbons (Fsp3) is 0.250. The van der Waals surface area contributed by atoms with Gasteiger partial charge in [-0.25, -0.2) is 13.6 Å². The predicted molar refractivity (Wildman–Crippen MR) is 136 cm³/mol. The molecule has 1 atom stereocenters. The monoisotopic (exact) mass is 519 g/mol. The van der Waals surface area contributed by atoms with Gasteiger partial charge in [0.05, 0.1) is 12.2 Å². The Hall–Kier alpha value is -3.85. The first-order valence-corrected chi connectivity index (χ1v) is 13.1. The molecule has 0 radical (unpaired) electrons. The largest absolute Gasteiger partial charge is 0.454 e. The van der Waals surface area contributed by atoms with Crippen molar-refractivity contribution in [1.29, 1.82) is 0 Å². The van der Waals surface area contributed by atoms with E-state index in [-0.39, 0.29) is 12.8 Å². The number of thiophene rings is 1. The van der Waals surface area contributed by atoms with E-state index in [1.54, 1.807) is 34.4 Å². The number of aromatic nitrogens is 1. The Bertz CT molecular complexity index is 1530. The highest BCUT2D eigenvalue weighted by molar-refractivity contribution is 7.15. The second-order valence-electron chi connectivity index (χ2n) is 9.53. The molecule has 0 spiro atoms. The zero-order valence-electron chi connectivity index (χ0n) is 19.8. The van der Waals surface area contributed by atoms with Crippen molar-refractivity contribution in [3.8, 4) is 16.5 Å². The molecule has 2 aromatic carbocycles. The molecular weight excluding hydrogens is 496 g/mol. The molecular formula is C28H23F2N3O3S. The van der Waals surface area contributed by atoms with Crippen LogP contribution >= 0.6 is 11.3 Å². The number of fused-ring (bicyclic) bond motifs is 6. The fourth-order valence-corrected chi connectivity index (χ4v) is 7.04. The third-order valence-electron chi connectivity index (χ3n) is 7.26. The fourth-order valence-electron chi connectivity index (χ4n) is 5.64. The molecule has 1 unspecified atom stereocenters. The zero-order chi connectivity index (χ0) is 25.1. The molecule has 2 aliphatic heterocycles. The lowest BCUT2D eigenvalue weighted by atomic mass is 9.95. The number of nitrogens with zero attached hydrogens (tertiary/aromatic N) is 2. The van der Waals surface area contributed by atoms with Gasteiger partial charge in [0.2, 0.25) is 6.79 Å². The van der Waals surface area contributed by atoms with E-state index in [4.69, 9.17) is 9.47 Å². The number of nitrogens with one attached hydrogen (secondary N) is 1. The first-order valence-electron chi connectivity index (χ1n) is 12.3. The van der Waals surface area contributed by atoms with Crippen molar-refractivity contribution in [3.05, 3.63) is 93.6 Å². The van der Waals surface area contributed by atoms with Crippen LogP contribution in [0.5, 0.6) is 11.5 Å². The van der Waals surface area contributed by atoms with E-state index in [0.717, 1.165) is 48.0 Å². The van der Waals surface area contributed by atoms with E-state index in [9.17, 15) is 13.6 Å². The Morgan fingerprint density at radius 2 is 1.78 bits per heavy atom. The molecule has 0 saturated carbocycles. The third-order valence-corrected chi connectivity index (χ3v) is 8.60. The number of amides is 2. The average molecular weight is 520 g/mol. The van der Waals surface area contributed by atoms with Crippen LogP contribution in [0.2, 0.25) is 0 Å².